The van der Waals surface area contributed by atoms with Crippen LogP contribution in [-0.2, 0) is 22.4 Å². The zero-order chi connectivity index (χ0) is 26.5. The molecule has 2 aromatic carbocycles. The Balaban J connectivity index is 1.52. The molecule has 0 unspecified atom stereocenters. The third-order valence-electron chi connectivity index (χ3n) is 5.86. The van der Waals surface area contributed by atoms with Crippen molar-refractivity contribution in [2.24, 2.45) is 0 Å². The molecule has 0 aliphatic rings. The molecular formula is C27H26N4O5S. The molecule has 2 heterocycles. The summed E-state index contributed by atoms with van der Waals surface area (Å²) in [6.07, 6.45) is 1.15. The van der Waals surface area contributed by atoms with Crippen LogP contribution in [0, 0.1) is 10.1 Å². The Bertz CT molecular complexity index is 1480. The summed E-state index contributed by atoms with van der Waals surface area (Å²) in [7, 11) is 0. The first-order chi connectivity index (χ1) is 17.8. The van der Waals surface area contributed by atoms with Gasteiger partial charge in [0.25, 0.3) is 11.6 Å². The number of thiazole rings is 1. The van der Waals surface area contributed by atoms with Gasteiger partial charge in [0.05, 0.1) is 21.7 Å². The van der Waals surface area contributed by atoms with Gasteiger partial charge in [-0.3, -0.25) is 25.2 Å². The number of nitrogens with zero attached hydrogens (tertiary/aromatic N) is 3. The predicted molar refractivity (Wildman–Crippen MR) is 143 cm³/mol. The number of esters is 1. The number of rotatable bonds is 9. The van der Waals surface area contributed by atoms with Gasteiger partial charge in [0.1, 0.15) is 0 Å². The van der Waals surface area contributed by atoms with Crippen LogP contribution in [0.5, 0.6) is 0 Å². The van der Waals surface area contributed by atoms with Crippen molar-refractivity contribution in [1.29, 1.82) is 0 Å². The first-order valence-electron chi connectivity index (χ1n) is 11.9. The molecule has 0 spiro atoms. The molecule has 9 nitrogen and oxygen atoms in total. The lowest BCUT2D eigenvalue weighted by Crippen LogP contribution is -2.30. The van der Waals surface area contributed by atoms with Crippen LogP contribution >= 0.6 is 11.3 Å². The van der Waals surface area contributed by atoms with Gasteiger partial charge in [-0.1, -0.05) is 50.6 Å². The fourth-order valence-electron chi connectivity index (χ4n) is 4.08. The van der Waals surface area contributed by atoms with Crippen LogP contribution in [0.2, 0.25) is 0 Å². The number of carbonyl (C=O) groups excluding carboxylic acids is 2. The Morgan fingerprint density at radius 2 is 1.92 bits per heavy atom. The lowest BCUT2D eigenvalue weighted by Gasteiger charge is -2.17. The van der Waals surface area contributed by atoms with E-state index in [1.54, 1.807) is 17.5 Å². The quantitative estimate of drug-likeness (QED) is 0.164. The number of fused-ring (bicyclic) bond motifs is 1. The number of pyridine rings is 1. The Labute approximate surface area is 217 Å². The van der Waals surface area contributed by atoms with E-state index in [4.69, 9.17) is 9.72 Å². The number of anilines is 1. The van der Waals surface area contributed by atoms with Crippen molar-refractivity contribution in [2.75, 3.05) is 5.32 Å². The van der Waals surface area contributed by atoms with Gasteiger partial charge in [-0.05, 0) is 31.4 Å². The van der Waals surface area contributed by atoms with Crippen molar-refractivity contribution >= 4 is 44.9 Å². The number of nitro benzene ring substituents is 1. The number of aromatic nitrogens is 2. The molecule has 1 atom stereocenters. The van der Waals surface area contributed by atoms with Gasteiger partial charge in [-0.25, -0.2) is 9.78 Å². The molecule has 0 saturated carbocycles. The summed E-state index contributed by atoms with van der Waals surface area (Å²) in [5.41, 5.74) is 3.86. The Morgan fingerprint density at radius 3 is 2.65 bits per heavy atom. The average Bonchev–Trinajstić information content (AvgIpc) is 3.36. The summed E-state index contributed by atoms with van der Waals surface area (Å²) in [5.74, 6) is -1.11. The lowest BCUT2D eigenvalue weighted by molar-refractivity contribution is -0.384. The molecule has 4 aromatic rings. The summed E-state index contributed by atoms with van der Waals surface area (Å²) in [6.45, 7) is 5.54. The second-order valence-electron chi connectivity index (χ2n) is 8.41. The number of amides is 1. The minimum Gasteiger partial charge on any atom is -0.449 e. The number of ether oxygens (including phenoxy) is 1. The van der Waals surface area contributed by atoms with Gasteiger partial charge >= 0.3 is 5.97 Å². The predicted octanol–water partition coefficient (Wildman–Crippen LogP) is 5.97. The fourth-order valence-corrected chi connectivity index (χ4v) is 4.81. The topological polar surface area (TPSA) is 124 Å². The molecule has 2 aromatic heterocycles. The summed E-state index contributed by atoms with van der Waals surface area (Å²) in [6, 6.07) is 13.5. The largest absolute Gasteiger partial charge is 0.449 e. The second kappa shape index (κ2) is 11.3. The highest BCUT2D eigenvalue weighted by atomic mass is 32.1. The number of aryl methyl sites for hydroxylation is 1. The van der Waals surface area contributed by atoms with Crippen molar-refractivity contribution in [3.8, 4) is 11.3 Å². The maximum atomic E-state index is 13.3. The van der Waals surface area contributed by atoms with Crippen LogP contribution in [0.15, 0.2) is 53.9 Å². The summed E-state index contributed by atoms with van der Waals surface area (Å²) < 4.78 is 5.61. The van der Waals surface area contributed by atoms with Crippen molar-refractivity contribution in [3.63, 3.8) is 0 Å². The van der Waals surface area contributed by atoms with Gasteiger partial charge in [0.15, 0.2) is 11.2 Å². The van der Waals surface area contributed by atoms with E-state index in [-0.39, 0.29) is 5.69 Å². The second-order valence-corrected chi connectivity index (χ2v) is 9.27. The van der Waals surface area contributed by atoms with E-state index in [0.717, 1.165) is 24.1 Å². The Hall–Kier alpha value is -4.18. The van der Waals surface area contributed by atoms with Crippen LogP contribution in [0.3, 0.4) is 0 Å². The summed E-state index contributed by atoms with van der Waals surface area (Å²) in [4.78, 5) is 45.9. The highest BCUT2D eigenvalue weighted by Crippen LogP contribution is 2.29. The molecule has 0 bridgehead atoms. The van der Waals surface area contributed by atoms with Crippen LogP contribution in [-0.4, -0.2) is 32.9 Å². The standard InChI is InChI=1S/C27H26N4O5S/c1-4-9-21-19(5-2)24(20-12-6-7-13-22(20)28-21)26(33)36-16(3)25(32)30-27-29-23(15-37-27)17-10-8-11-18(14-17)31(34)35/h6-8,10-16H,4-5,9H2,1-3H3,(H,29,30,32)/t16-/m1/s1. The molecule has 1 N–H and O–H groups in total. The van der Waals surface area contributed by atoms with Crippen molar-refractivity contribution in [3.05, 3.63) is 80.8 Å². The van der Waals surface area contributed by atoms with Gasteiger partial charge in [0, 0.05) is 34.2 Å². The van der Waals surface area contributed by atoms with Gasteiger partial charge in [0.2, 0.25) is 0 Å². The molecular weight excluding hydrogens is 492 g/mol. The minimum absolute atomic E-state index is 0.0474. The molecule has 0 radical (unpaired) electrons. The number of carbonyl (C=O) groups is 2. The van der Waals surface area contributed by atoms with Crippen molar-refractivity contribution in [1.82, 2.24) is 9.97 Å². The molecule has 0 aliphatic heterocycles. The Morgan fingerprint density at radius 1 is 1.14 bits per heavy atom. The fraction of sp³-hybridized carbons (Fsp3) is 0.259. The first-order valence-corrected chi connectivity index (χ1v) is 12.8. The van der Waals surface area contributed by atoms with Crippen LogP contribution in [0.4, 0.5) is 10.8 Å². The van der Waals surface area contributed by atoms with E-state index >= 15 is 0 Å². The van der Waals surface area contributed by atoms with Gasteiger partial charge in [-0.15, -0.1) is 11.3 Å². The molecule has 0 fully saturated rings. The Kier molecular flexibility index (Phi) is 7.88. The minimum atomic E-state index is -1.08. The number of nitrogens with one attached hydrogen (secondary N) is 1. The SMILES string of the molecule is CCCc1nc2ccccc2c(C(=O)O[C@H](C)C(=O)Nc2nc(-c3cccc([N+](=O)[O-])c3)cs2)c1CC. The van der Waals surface area contributed by atoms with Crippen molar-refractivity contribution < 1.29 is 19.2 Å². The van der Waals surface area contributed by atoms with E-state index in [1.807, 2.05) is 31.2 Å². The number of hydrogen-bond acceptors (Lipinski definition) is 8. The number of nitro groups is 1. The van der Waals surface area contributed by atoms with Crippen LogP contribution in [0.1, 0.15) is 48.8 Å². The average molecular weight is 519 g/mol. The normalized spacial score (nSPS) is 11.8. The lowest BCUT2D eigenvalue weighted by atomic mass is 9.96. The number of hydrogen-bond donors (Lipinski definition) is 1. The zero-order valence-electron chi connectivity index (χ0n) is 20.7. The van der Waals surface area contributed by atoms with E-state index < -0.39 is 22.9 Å². The monoisotopic (exact) mass is 518 g/mol. The van der Waals surface area contributed by atoms with Gasteiger partial charge in [-0.2, -0.15) is 0 Å². The molecule has 190 valence electrons. The molecule has 0 saturated heterocycles. The van der Waals surface area contributed by atoms with E-state index in [0.29, 0.717) is 39.3 Å². The number of benzene rings is 2. The number of non-ortho nitro benzene ring substituents is 1. The summed E-state index contributed by atoms with van der Waals surface area (Å²) >= 11 is 1.17. The third kappa shape index (κ3) is 5.64. The zero-order valence-corrected chi connectivity index (χ0v) is 21.5. The number of para-hydroxylation sites is 1. The first kappa shape index (κ1) is 25.9. The van der Waals surface area contributed by atoms with Crippen molar-refractivity contribution in [2.45, 2.75) is 46.1 Å². The van der Waals surface area contributed by atoms with E-state index in [9.17, 15) is 19.7 Å². The maximum Gasteiger partial charge on any atom is 0.339 e. The molecule has 1 amide bonds. The molecule has 10 heteroatoms. The highest BCUT2D eigenvalue weighted by molar-refractivity contribution is 7.14. The van der Waals surface area contributed by atoms with E-state index in [2.05, 4.69) is 17.2 Å². The third-order valence-corrected chi connectivity index (χ3v) is 6.62. The molecule has 0 aliphatic carbocycles. The smallest absolute Gasteiger partial charge is 0.339 e. The summed E-state index contributed by atoms with van der Waals surface area (Å²) in [5, 5.41) is 16.4. The molecule has 4 rings (SSSR count). The molecule has 37 heavy (non-hydrogen) atoms. The van der Waals surface area contributed by atoms with Crippen LogP contribution < -0.4 is 5.32 Å². The highest BCUT2D eigenvalue weighted by Gasteiger charge is 2.25. The van der Waals surface area contributed by atoms with E-state index in [1.165, 1.54) is 30.4 Å². The maximum absolute atomic E-state index is 13.3. The van der Waals surface area contributed by atoms with Crippen LogP contribution in [0.25, 0.3) is 22.2 Å². The van der Waals surface area contributed by atoms with Gasteiger partial charge < -0.3 is 4.74 Å².